The number of benzene rings is 2. The molecule has 2 aromatic rings. The summed E-state index contributed by atoms with van der Waals surface area (Å²) in [5, 5.41) is 4.06. The zero-order valence-corrected chi connectivity index (χ0v) is 17.8. The van der Waals surface area contributed by atoms with E-state index in [9.17, 15) is 13.2 Å². The van der Waals surface area contributed by atoms with Crippen molar-refractivity contribution in [3.8, 4) is 5.75 Å². The first-order valence-corrected chi connectivity index (χ1v) is 10.9. The number of carbonyl (C=O) groups is 1. The number of amides is 1. The summed E-state index contributed by atoms with van der Waals surface area (Å²) in [6, 6.07) is 11.6. The van der Waals surface area contributed by atoms with E-state index < -0.39 is 22.5 Å². The van der Waals surface area contributed by atoms with Gasteiger partial charge in [0.2, 0.25) is 10.0 Å². The summed E-state index contributed by atoms with van der Waals surface area (Å²) in [6.45, 7) is 3.43. The fourth-order valence-corrected chi connectivity index (χ4v) is 3.56. The van der Waals surface area contributed by atoms with Gasteiger partial charge in [0.1, 0.15) is 18.9 Å². The molecule has 0 heterocycles. The van der Waals surface area contributed by atoms with Gasteiger partial charge in [-0.25, -0.2) is 13.8 Å². The molecule has 0 unspecified atom stereocenters. The van der Waals surface area contributed by atoms with Gasteiger partial charge in [-0.3, -0.25) is 9.10 Å². The SMILES string of the molecule is C=CCOc1cccc(/C=N\NC(=O)CN(c2cccc(Cl)c2Cl)S(C)(=O)=O)c1. The van der Waals surface area contributed by atoms with E-state index in [1.807, 2.05) is 0 Å². The van der Waals surface area contributed by atoms with Crippen molar-refractivity contribution in [1.82, 2.24) is 5.43 Å². The van der Waals surface area contributed by atoms with Crippen LogP contribution in [0.25, 0.3) is 0 Å². The highest BCUT2D eigenvalue weighted by Crippen LogP contribution is 2.33. The zero-order valence-electron chi connectivity index (χ0n) is 15.5. The van der Waals surface area contributed by atoms with E-state index in [4.69, 9.17) is 27.9 Å². The third-order valence-corrected chi connectivity index (χ3v) is 5.45. The second-order valence-electron chi connectivity index (χ2n) is 5.81. The minimum absolute atomic E-state index is 0.0345. The van der Waals surface area contributed by atoms with E-state index in [1.54, 1.807) is 36.4 Å². The monoisotopic (exact) mass is 455 g/mol. The minimum atomic E-state index is -3.79. The Morgan fingerprint density at radius 3 is 2.69 bits per heavy atom. The number of rotatable bonds is 9. The Balaban J connectivity index is 2.08. The largest absolute Gasteiger partial charge is 0.490 e. The fourth-order valence-electron chi connectivity index (χ4n) is 2.25. The predicted molar refractivity (Wildman–Crippen MR) is 117 cm³/mol. The van der Waals surface area contributed by atoms with Gasteiger partial charge in [-0.15, -0.1) is 0 Å². The van der Waals surface area contributed by atoms with E-state index in [2.05, 4.69) is 17.1 Å². The number of hydrogen-bond donors (Lipinski definition) is 1. The molecule has 0 fully saturated rings. The first kappa shape index (κ1) is 22.7. The lowest BCUT2D eigenvalue weighted by Crippen LogP contribution is -2.39. The van der Waals surface area contributed by atoms with Crippen LogP contribution in [0, 0.1) is 0 Å². The number of nitrogens with zero attached hydrogens (tertiary/aromatic N) is 2. The number of carbonyl (C=O) groups excluding carboxylic acids is 1. The van der Waals surface area contributed by atoms with Crippen LogP contribution in [-0.2, 0) is 14.8 Å². The number of sulfonamides is 1. The molecule has 0 saturated carbocycles. The lowest BCUT2D eigenvalue weighted by atomic mass is 10.2. The second-order valence-corrected chi connectivity index (χ2v) is 8.50. The Bertz CT molecular complexity index is 1030. The zero-order chi connectivity index (χ0) is 21.4. The van der Waals surface area contributed by atoms with Gasteiger partial charge in [0.15, 0.2) is 0 Å². The molecule has 0 aromatic heterocycles. The van der Waals surface area contributed by atoms with E-state index in [1.165, 1.54) is 18.3 Å². The number of hydrogen-bond acceptors (Lipinski definition) is 5. The van der Waals surface area contributed by atoms with Gasteiger partial charge in [-0.1, -0.05) is 54.1 Å². The average Bonchev–Trinajstić information content (AvgIpc) is 2.66. The Kier molecular flexibility index (Phi) is 8.07. The minimum Gasteiger partial charge on any atom is -0.490 e. The molecule has 10 heteroatoms. The van der Waals surface area contributed by atoms with Crippen molar-refractivity contribution in [1.29, 1.82) is 0 Å². The lowest BCUT2D eigenvalue weighted by Gasteiger charge is -2.22. The van der Waals surface area contributed by atoms with Crippen molar-refractivity contribution in [2.75, 3.05) is 23.7 Å². The Labute approximate surface area is 179 Å². The molecule has 0 saturated heterocycles. The van der Waals surface area contributed by atoms with Crippen LogP contribution in [0.4, 0.5) is 5.69 Å². The van der Waals surface area contributed by atoms with E-state index in [0.29, 0.717) is 17.9 Å². The number of ether oxygens (including phenoxy) is 1. The number of nitrogens with one attached hydrogen (secondary N) is 1. The van der Waals surface area contributed by atoms with Crippen LogP contribution >= 0.6 is 23.2 Å². The van der Waals surface area contributed by atoms with Crippen LogP contribution in [0.1, 0.15) is 5.56 Å². The molecule has 0 atom stereocenters. The quantitative estimate of drug-likeness (QED) is 0.356. The Morgan fingerprint density at radius 1 is 1.28 bits per heavy atom. The van der Waals surface area contributed by atoms with Crippen molar-refractivity contribution in [3.63, 3.8) is 0 Å². The Morgan fingerprint density at radius 2 is 2.00 bits per heavy atom. The highest BCUT2D eigenvalue weighted by atomic mass is 35.5. The molecule has 0 spiro atoms. The van der Waals surface area contributed by atoms with Crippen LogP contribution in [-0.4, -0.2) is 39.9 Å². The van der Waals surface area contributed by atoms with E-state index >= 15 is 0 Å². The molecule has 154 valence electrons. The van der Waals surface area contributed by atoms with Crippen LogP contribution in [0.2, 0.25) is 10.0 Å². The number of hydrazone groups is 1. The molecular formula is C19H19Cl2N3O4S. The smallest absolute Gasteiger partial charge is 0.260 e. The third-order valence-electron chi connectivity index (χ3n) is 3.52. The molecular weight excluding hydrogens is 437 g/mol. The average molecular weight is 456 g/mol. The van der Waals surface area contributed by atoms with Gasteiger partial charge >= 0.3 is 0 Å². The molecule has 1 N–H and O–H groups in total. The number of anilines is 1. The molecule has 0 aliphatic carbocycles. The summed E-state index contributed by atoms with van der Waals surface area (Å²) >= 11 is 12.0. The molecule has 0 radical (unpaired) electrons. The maximum Gasteiger partial charge on any atom is 0.260 e. The van der Waals surface area contributed by atoms with Crippen LogP contribution in [0.3, 0.4) is 0 Å². The van der Waals surface area contributed by atoms with Crippen molar-refractivity contribution in [3.05, 3.63) is 70.7 Å². The van der Waals surface area contributed by atoms with Crippen LogP contribution in [0.5, 0.6) is 5.75 Å². The molecule has 7 nitrogen and oxygen atoms in total. The van der Waals surface area contributed by atoms with Crippen LogP contribution in [0.15, 0.2) is 60.2 Å². The summed E-state index contributed by atoms with van der Waals surface area (Å²) in [7, 11) is -3.79. The van der Waals surface area contributed by atoms with Crippen molar-refractivity contribution in [2.45, 2.75) is 0 Å². The predicted octanol–water partition coefficient (Wildman–Crippen LogP) is 3.47. The van der Waals surface area contributed by atoms with Gasteiger partial charge in [0.25, 0.3) is 5.91 Å². The highest BCUT2D eigenvalue weighted by Gasteiger charge is 2.23. The second kappa shape index (κ2) is 10.3. The summed E-state index contributed by atoms with van der Waals surface area (Å²) in [5.74, 6) is -0.0270. The third kappa shape index (κ3) is 6.77. The van der Waals surface area contributed by atoms with E-state index in [0.717, 1.165) is 10.6 Å². The summed E-state index contributed by atoms with van der Waals surface area (Å²) in [6.07, 6.45) is 4.01. The van der Waals surface area contributed by atoms with Gasteiger partial charge in [0.05, 0.1) is 28.2 Å². The molecule has 0 bridgehead atoms. The standard InChI is InChI=1S/C19H19Cl2N3O4S/c1-3-10-28-15-7-4-6-14(11-15)12-22-23-18(25)13-24(29(2,26)27)17-9-5-8-16(20)19(17)21/h3-9,11-12H,1,10,13H2,2H3,(H,23,25)/b22-12-. The van der Waals surface area contributed by atoms with Gasteiger partial charge < -0.3 is 4.74 Å². The molecule has 2 aromatic carbocycles. The molecule has 2 rings (SSSR count). The lowest BCUT2D eigenvalue weighted by molar-refractivity contribution is -0.119. The summed E-state index contributed by atoms with van der Waals surface area (Å²) < 4.78 is 30.5. The van der Waals surface area contributed by atoms with E-state index in [-0.39, 0.29) is 15.7 Å². The molecule has 1 amide bonds. The highest BCUT2D eigenvalue weighted by molar-refractivity contribution is 7.92. The van der Waals surface area contributed by atoms with Crippen molar-refractivity contribution in [2.24, 2.45) is 5.10 Å². The molecule has 29 heavy (non-hydrogen) atoms. The molecule has 0 aliphatic heterocycles. The van der Waals surface area contributed by atoms with Crippen molar-refractivity contribution < 1.29 is 17.9 Å². The van der Waals surface area contributed by atoms with Gasteiger partial charge in [0, 0.05) is 0 Å². The summed E-state index contributed by atoms with van der Waals surface area (Å²) in [4.78, 5) is 12.2. The fraction of sp³-hybridized carbons (Fsp3) is 0.158. The summed E-state index contributed by atoms with van der Waals surface area (Å²) in [5.41, 5.74) is 3.08. The normalized spacial score (nSPS) is 11.3. The Hall–Kier alpha value is -2.55. The van der Waals surface area contributed by atoms with Crippen molar-refractivity contribution >= 4 is 51.0 Å². The first-order valence-electron chi connectivity index (χ1n) is 8.29. The van der Waals surface area contributed by atoms with Gasteiger partial charge in [-0.05, 0) is 29.8 Å². The maximum absolute atomic E-state index is 12.2. The topological polar surface area (TPSA) is 88.1 Å². The maximum atomic E-state index is 12.2. The first-order chi connectivity index (χ1) is 13.7. The van der Waals surface area contributed by atoms with Crippen LogP contribution < -0.4 is 14.5 Å². The van der Waals surface area contributed by atoms with Gasteiger partial charge in [-0.2, -0.15) is 5.10 Å². The molecule has 0 aliphatic rings. The number of halogens is 2.